The van der Waals surface area contributed by atoms with Crippen molar-refractivity contribution in [1.29, 1.82) is 0 Å². The highest BCUT2D eigenvalue weighted by atomic mass is 16.5. The first-order valence-electron chi connectivity index (χ1n) is 7.40. The number of amides is 1. The molecule has 1 heterocycles. The Morgan fingerprint density at radius 1 is 1.35 bits per heavy atom. The van der Waals surface area contributed by atoms with Crippen molar-refractivity contribution in [3.63, 3.8) is 0 Å². The Hall–Kier alpha value is -1.55. The summed E-state index contributed by atoms with van der Waals surface area (Å²) in [5.41, 5.74) is 1.26. The summed E-state index contributed by atoms with van der Waals surface area (Å²) in [5, 5.41) is 3.45. The number of benzene rings is 1. The molecule has 4 heteroatoms. The summed E-state index contributed by atoms with van der Waals surface area (Å²) >= 11 is 0. The summed E-state index contributed by atoms with van der Waals surface area (Å²) in [6.07, 6.45) is 1.51. The van der Waals surface area contributed by atoms with Gasteiger partial charge in [0.1, 0.15) is 5.75 Å². The molecule has 0 aromatic heterocycles. The molecular weight excluding hydrogens is 252 g/mol. The van der Waals surface area contributed by atoms with Crippen LogP contribution in [-0.2, 0) is 4.79 Å². The van der Waals surface area contributed by atoms with Crippen LogP contribution in [-0.4, -0.2) is 37.0 Å². The fourth-order valence-corrected chi connectivity index (χ4v) is 2.59. The van der Waals surface area contributed by atoms with Crippen molar-refractivity contribution in [3.05, 3.63) is 29.8 Å². The molecule has 0 aliphatic carbocycles. The van der Waals surface area contributed by atoms with Crippen molar-refractivity contribution in [2.24, 2.45) is 0 Å². The third-order valence-electron chi connectivity index (χ3n) is 3.80. The van der Waals surface area contributed by atoms with Crippen LogP contribution in [0, 0.1) is 0 Å². The Morgan fingerprint density at radius 2 is 2.05 bits per heavy atom. The van der Waals surface area contributed by atoms with Gasteiger partial charge in [-0.25, -0.2) is 0 Å². The van der Waals surface area contributed by atoms with E-state index in [9.17, 15) is 4.79 Å². The molecule has 1 aromatic carbocycles. The van der Waals surface area contributed by atoms with Gasteiger partial charge in [0.25, 0.3) is 5.91 Å². The van der Waals surface area contributed by atoms with E-state index in [0.717, 1.165) is 31.7 Å². The minimum Gasteiger partial charge on any atom is -0.481 e. The lowest BCUT2D eigenvalue weighted by atomic mass is 10.0. The number of likely N-dealkylation sites (tertiary alicyclic amines) is 1. The highest BCUT2D eigenvalue weighted by Gasteiger charge is 2.30. The number of hydrogen-bond acceptors (Lipinski definition) is 3. The molecule has 2 unspecified atom stereocenters. The molecule has 1 saturated heterocycles. The van der Waals surface area contributed by atoms with Crippen LogP contribution < -0.4 is 10.1 Å². The molecule has 1 amide bonds. The Kier molecular flexibility index (Phi) is 5.01. The zero-order valence-corrected chi connectivity index (χ0v) is 12.6. The van der Waals surface area contributed by atoms with Crippen LogP contribution in [0.25, 0.3) is 0 Å². The number of hydrogen-bond donors (Lipinski definition) is 1. The van der Waals surface area contributed by atoms with Crippen molar-refractivity contribution in [1.82, 2.24) is 10.2 Å². The molecule has 1 aromatic rings. The topological polar surface area (TPSA) is 41.6 Å². The number of rotatable bonds is 6. The fraction of sp³-hybridized carbons (Fsp3) is 0.562. The van der Waals surface area contributed by atoms with Gasteiger partial charge < -0.3 is 15.0 Å². The van der Waals surface area contributed by atoms with Crippen LogP contribution in [0.2, 0.25) is 0 Å². The van der Waals surface area contributed by atoms with E-state index in [1.807, 2.05) is 19.2 Å². The van der Waals surface area contributed by atoms with Crippen LogP contribution in [0.1, 0.15) is 38.3 Å². The van der Waals surface area contributed by atoms with Gasteiger partial charge in [-0.1, -0.05) is 26.0 Å². The van der Waals surface area contributed by atoms with Gasteiger partial charge in [-0.3, -0.25) is 4.79 Å². The largest absolute Gasteiger partial charge is 0.481 e. The van der Waals surface area contributed by atoms with Gasteiger partial charge in [-0.15, -0.1) is 0 Å². The smallest absolute Gasteiger partial charge is 0.263 e. The van der Waals surface area contributed by atoms with E-state index < -0.39 is 0 Å². The number of carbonyl (C=O) groups is 1. The molecule has 0 radical (unpaired) electrons. The first-order valence-corrected chi connectivity index (χ1v) is 7.40. The average Bonchev–Trinajstić information content (AvgIpc) is 2.78. The molecule has 0 saturated carbocycles. The quantitative estimate of drug-likeness (QED) is 0.867. The second-order valence-corrected chi connectivity index (χ2v) is 5.24. The van der Waals surface area contributed by atoms with Crippen LogP contribution in [0.4, 0.5) is 0 Å². The van der Waals surface area contributed by atoms with Gasteiger partial charge >= 0.3 is 0 Å². The molecule has 20 heavy (non-hydrogen) atoms. The molecular formula is C16H24N2O2. The lowest BCUT2D eigenvalue weighted by Gasteiger charge is -2.17. The normalized spacial score (nSPS) is 20.2. The summed E-state index contributed by atoms with van der Waals surface area (Å²) in [6.45, 7) is 6.02. The predicted octanol–water partition coefficient (Wildman–Crippen LogP) is 2.36. The van der Waals surface area contributed by atoms with E-state index in [0.29, 0.717) is 6.04 Å². The zero-order chi connectivity index (χ0) is 14.5. The first-order chi connectivity index (χ1) is 9.65. The average molecular weight is 276 g/mol. The molecule has 2 atom stereocenters. The van der Waals surface area contributed by atoms with Crippen molar-refractivity contribution in [2.75, 3.05) is 20.1 Å². The van der Waals surface area contributed by atoms with Crippen molar-refractivity contribution in [3.8, 4) is 5.75 Å². The predicted molar refractivity (Wildman–Crippen MR) is 79.8 cm³/mol. The van der Waals surface area contributed by atoms with Crippen molar-refractivity contribution < 1.29 is 9.53 Å². The Bertz CT molecular complexity index is 444. The van der Waals surface area contributed by atoms with Crippen LogP contribution in [0.3, 0.4) is 0 Å². The maximum absolute atomic E-state index is 11.8. The van der Waals surface area contributed by atoms with Gasteiger partial charge in [0.05, 0.1) is 0 Å². The highest BCUT2D eigenvalue weighted by molar-refractivity contribution is 5.83. The Morgan fingerprint density at radius 3 is 2.55 bits per heavy atom. The molecule has 0 spiro atoms. The summed E-state index contributed by atoms with van der Waals surface area (Å²) in [7, 11) is 1.82. The van der Waals surface area contributed by atoms with Crippen molar-refractivity contribution in [2.45, 2.75) is 38.8 Å². The molecule has 1 fully saturated rings. The van der Waals surface area contributed by atoms with Gasteiger partial charge in [0.15, 0.2) is 6.10 Å². The maximum Gasteiger partial charge on any atom is 0.263 e. The summed E-state index contributed by atoms with van der Waals surface area (Å²) in [5.74, 6) is 0.849. The van der Waals surface area contributed by atoms with Crippen LogP contribution >= 0.6 is 0 Å². The molecule has 110 valence electrons. The number of nitrogens with zero attached hydrogens (tertiary/aromatic N) is 1. The maximum atomic E-state index is 11.8. The van der Waals surface area contributed by atoms with Crippen molar-refractivity contribution >= 4 is 5.91 Å². The summed E-state index contributed by atoms with van der Waals surface area (Å²) in [6, 6.07) is 8.46. The lowest BCUT2D eigenvalue weighted by Crippen LogP contribution is -2.29. The number of likely N-dealkylation sites (N-methyl/N-ethyl adjacent to an activating group) is 1. The van der Waals surface area contributed by atoms with E-state index in [-0.39, 0.29) is 12.0 Å². The molecule has 0 bridgehead atoms. The summed E-state index contributed by atoms with van der Waals surface area (Å²) in [4.78, 5) is 13.5. The van der Waals surface area contributed by atoms with E-state index in [1.54, 1.807) is 4.90 Å². The molecule has 1 aliphatic rings. The van der Waals surface area contributed by atoms with E-state index in [1.165, 1.54) is 5.56 Å². The molecule has 2 rings (SSSR count). The van der Waals surface area contributed by atoms with E-state index in [2.05, 4.69) is 31.3 Å². The van der Waals surface area contributed by atoms with E-state index in [4.69, 9.17) is 4.74 Å². The van der Waals surface area contributed by atoms with Gasteiger partial charge in [0.2, 0.25) is 0 Å². The monoisotopic (exact) mass is 276 g/mol. The standard InChI is InChI=1S/C16H24N2O2/c1-4-14(17-5-2)12-6-8-13(9-7-12)20-15-10-11-18(3)16(15)19/h6-9,14-15,17H,4-5,10-11H2,1-3H3. The molecule has 4 nitrogen and oxygen atoms in total. The highest BCUT2D eigenvalue weighted by Crippen LogP contribution is 2.22. The Balaban J connectivity index is 1.99. The van der Waals surface area contributed by atoms with Gasteiger partial charge in [0, 0.05) is 26.1 Å². The molecule has 1 aliphatic heterocycles. The summed E-state index contributed by atoms with van der Waals surface area (Å²) < 4.78 is 5.77. The first kappa shape index (κ1) is 14.9. The molecule has 1 N–H and O–H groups in total. The third-order valence-corrected chi connectivity index (χ3v) is 3.80. The lowest BCUT2D eigenvalue weighted by molar-refractivity contribution is -0.132. The van der Waals surface area contributed by atoms with Crippen LogP contribution in [0.5, 0.6) is 5.75 Å². The minimum atomic E-state index is -0.318. The number of nitrogens with one attached hydrogen (secondary N) is 1. The van der Waals surface area contributed by atoms with E-state index >= 15 is 0 Å². The number of carbonyl (C=O) groups excluding carboxylic acids is 1. The number of ether oxygens (including phenoxy) is 1. The fourth-order valence-electron chi connectivity index (χ4n) is 2.59. The minimum absolute atomic E-state index is 0.0770. The second-order valence-electron chi connectivity index (χ2n) is 5.24. The van der Waals surface area contributed by atoms with Gasteiger partial charge in [-0.2, -0.15) is 0 Å². The van der Waals surface area contributed by atoms with Crippen LogP contribution in [0.15, 0.2) is 24.3 Å². The Labute approximate surface area is 121 Å². The van der Waals surface area contributed by atoms with Gasteiger partial charge in [-0.05, 0) is 30.7 Å². The zero-order valence-electron chi connectivity index (χ0n) is 12.6. The second kappa shape index (κ2) is 6.75. The third kappa shape index (κ3) is 3.31. The SMILES string of the molecule is CCNC(CC)c1ccc(OC2CCN(C)C2=O)cc1.